The fraction of sp³-hybridized carbons (Fsp3) is 0.294. The second-order valence-corrected chi connectivity index (χ2v) is 6.39. The molecule has 1 aromatic carbocycles. The monoisotopic (exact) mass is 365 g/mol. The van der Waals surface area contributed by atoms with Crippen LogP contribution in [0.25, 0.3) is 0 Å². The van der Waals surface area contributed by atoms with E-state index in [9.17, 15) is 4.79 Å². The lowest BCUT2D eigenvalue weighted by Crippen LogP contribution is -2.45. The predicted molar refractivity (Wildman–Crippen MR) is 94.1 cm³/mol. The summed E-state index contributed by atoms with van der Waals surface area (Å²) in [5, 5.41) is 7.14. The van der Waals surface area contributed by atoms with Gasteiger partial charge in [-0.3, -0.25) is 4.79 Å². The minimum absolute atomic E-state index is 0.110. The molecule has 1 aliphatic heterocycles. The fourth-order valence-corrected chi connectivity index (χ4v) is 2.99. The third-order valence-electron chi connectivity index (χ3n) is 3.75. The standard InChI is InChI=1S/C17H17Cl2N3O2/c18-11-5-6-15(14(19)9-11)24-17-13(4-2-8-21-17)16(23)22-12-3-1-7-20-10-12/h2,4-6,8-9,12,20H,1,3,7,10H2,(H,22,23)/t12-/m0/s1. The van der Waals surface area contributed by atoms with E-state index in [0.29, 0.717) is 21.4 Å². The van der Waals surface area contributed by atoms with Gasteiger partial charge in [0.15, 0.2) is 0 Å². The molecule has 0 saturated carbocycles. The van der Waals surface area contributed by atoms with Crippen molar-refractivity contribution in [2.24, 2.45) is 0 Å². The summed E-state index contributed by atoms with van der Waals surface area (Å²) >= 11 is 12.0. The van der Waals surface area contributed by atoms with Gasteiger partial charge in [0.2, 0.25) is 5.88 Å². The molecule has 5 nitrogen and oxygen atoms in total. The van der Waals surface area contributed by atoms with Gasteiger partial charge >= 0.3 is 0 Å². The summed E-state index contributed by atoms with van der Waals surface area (Å²) < 4.78 is 5.73. The molecule has 0 radical (unpaired) electrons. The molecule has 0 bridgehead atoms. The summed E-state index contributed by atoms with van der Waals surface area (Å²) in [6.07, 6.45) is 3.57. The number of nitrogens with zero attached hydrogens (tertiary/aromatic N) is 1. The van der Waals surface area contributed by atoms with Gasteiger partial charge in [0.1, 0.15) is 11.3 Å². The van der Waals surface area contributed by atoms with Crippen LogP contribution in [0.5, 0.6) is 11.6 Å². The zero-order valence-electron chi connectivity index (χ0n) is 12.9. The largest absolute Gasteiger partial charge is 0.437 e. The molecular formula is C17H17Cl2N3O2. The van der Waals surface area contributed by atoms with Gasteiger partial charge in [-0.1, -0.05) is 23.2 Å². The number of pyridine rings is 1. The number of ether oxygens (including phenoxy) is 1. The summed E-state index contributed by atoms with van der Waals surface area (Å²) in [7, 11) is 0. The van der Waals surface area contributed by atoms with Gasteiger partial charge in [-0.25, -0.2) is 4.98 Å². The van der Waals surface area contributed by atoms with Crippen LogP contribution >= 0.6 is 23.2 Å². The average molecular weight is 366 g/mol. The molecule has 1 aromatic heterocycles. The minimum Gasteiger partial charge on any atom is -0.437 e. The highest BCUT2D eigenvalue weighted by Gasteiger charge is 2.20. The lowest BCUT2D eigenvalue weighted by Gasteiger charge is -2.24. The van der Waals surface area contributed by atoms with Crippen molar-refractivity contribution in [3.05, 3.63) is 52.1 Å². The Morgan fingerprint density at radius 1 is 1.33 bits per heavy atom. The molecule has 7 heteroatoms. The molecule has 0 unspecified atom stereocenters. The summed E-state index contributed by atoms with van der Waals surface area (Å²) in [6.45, 7) is 1.76. The number of carbonyl (C=O) groups is 1. The number of hydrogen-bond donors (Lipinski definition) is 2. The van der Waals surface area contributed by atoms with E-state index >= 15 is 0 Å². The zero-order valence-corrected chi connectivity index (χ0v) is 14.4. The first kappa shape index (κ1) is 17.0. The van der Waals surface area contributed by atoms with Crippen LogP contribution < -0.4 is 15.4 Å². The SMILES string of the molecule is O=C(N[C@H]1CCCNC1)c1cccnc1Oc1ccc(Cl)cc1Cl. The lowest BCUT2D eigenvalue weighted by molar-refractivity contribution is 0.0927. The van der Waals surface area contributed by atoms with Crippen molar-refractivity contribution in [1.29, 1.82) is 0 Å². The van der Waals surface area contributed by atoms with Gasteiger partial charge in [-0.2, -0.15) is 0 Å². The van der Waals surface area contributed by atoms with Crippen molar-refractivity contribution in [3.63, 3.8) is 0 Å². The van der Waals surface area contributed by atoms with Crippen LogP contribution in [0, 0.1) is 0 Å². The van der Waals surface area contributed by atoms with Crippen molar-refractivity contribution in [2.75, 3.05) is 13.1 Å². The van der Waals surface area contributed by atoms with Crippen molar-refractivity contribution in [1.82, 2.24) is 15.6 Å². The van der Waals surface area contributed by atoms with Crippen molar-refractivity contribution >= 4 is 29.1 Å². The van der Waals surface area contributed by atoms with E-state index in [1.807, 2.05) is 0 Å². The maximum atomic E-state index is 12.5. The molecule has 1 saturated heterocycles. The van der Waals surface area contributed by atoms with Crippen LogP contribution in [-0.4, -0.2) is 30.0 Å². The highest BCUT2D eigenvalue weighted by Crippen LogP contribution is 2.32. The number of amides is 1. The molecule has 126 valence electrons. The van der Waals surface area contributed by atoms with Crippen LogP contribution in [0.1, 0.15) is 23.2 Å². The molecule has 3 rings (SSSR count). The number of nitrogens with one attached hydrogen (secondary N) is 2. The topological polar surface area (TPSA) is 63.2 Å². The molecule has 24 heavy (non-hydrogen) atoms. The Labute approximate surface area is 150 Å². The highest BCUT2D eigenvalue weighted by atomic mass is 35.5. The third kappa shape index (κ3) is 4.17. The Bertz CT molecular complexity index is 734. The van der Waals surface area contributed by atoms with Crippen LogP contribution in [-0.2, 0) is 0 Å². The molecule has 1 fully saturated rings. The van der Waals surface area contributed by atoms with Crippen LogP contribution in [0.15, 0.2) is 36.5 Å². The van der Waals surface area contributed by atoms with E-state index in [2.05, 4.69) is 15.6 Å². The smallest absolute Gasteiger partial charge is 0.257 e. The summed E-state index contributed by atoms with van der Waals surface area (Å²) in [5.41, 5.74) is 0.370. The van der Waals surface area contributed by atoms with Crippen LogP contribution in [0.4, 0.5) is 0 Å². The van der Waals surface area contributed by atoms with Crippen LogP contribution in [0.3, 0.4) is 0 Å². The first-order valence-corrected chi connectivity index (χ1v) is 8.48. The Balaban J connectivity index is 1.78. The van der Waals surface area contributed by atoms with Gasteiger partial charge < -0.3 is 15.4 Å². The maximum absolute atomic E-state index is 12.5. The highest BCUT2D eigenvalue weighted by molar-refractivity contribution is 6.35. The third-order valence-corrected chi connectivity index (χ3v) is 4.28. The Morgan fingerprint density at radius 2 is 2.21 bits per heavy atom. The number of hydrogen-bond acceptors (Lipinski definition) is 4. The number of piperidine rings is 1. The average Bonchev–Trinajstić information content (AvgIpc) is 2.59. The molecule has 1 aliphatic rings. The quantitative estimate of drug-likeness (QED) is 0.867. The van der Waals surface area contributed by atoms with E-state index in [0.717, 1.165) is 25.9 Å². The molecule has 2 heterocycles. The number of carbonyl (C=O) groups excluding carboxylic acids is 1. The number of halogens is 2. The molecule has 2 N–H and O–H groups in total. The summed E-state index contributed by atoms with van der Waals surface area (Å²) in [6, 6.07) is 8.38. The second-order valence-electron chi connectivity index (χ2n) is 5.55. The molecule has 0 aliphatic carbocycles. The maximum Gasteiger partial charge on any atom is 0.257 e. The van der Waals surface area contributed by atoms with E-state index in [4.69, 9.17) is 27.9 Å². The van der Waals surface area contributed by atoms with Crippen LogP contribution in [0.2, 0.25) is 10.0 Å². The number of aromatic nitrogens is 1. The molecule has 1 amide bonds. The van der Waals surface area contributed by atoms with E-state index < -0.39 is 0 Å². The van der Waals surface area contributed by atoms with Crippen molar-refractivity contribution in [3.8, 4) is 11.6 Å². The van der Waals surface area contributed by atoms with Gasteiger partial charge in [0.25, 0.3) is 5.91 Å². The normalized spacial score (nSPS) is 17.3. The van der Waals surface area contributed by atoms with Gasteiger partial charge in [-0.05, 0) is 49.7 Å². The lowest BCUT2D eigenvalue weighted by atomic mass is 10.1. The van der Waals surface area contributed by atoms with Crippen molar-refractivity contribution in [2.45, 2.75) is 18.9 Å². The Hall–Kier alpha value is -1.82. The molecular weight excluding hydrogens is 349 g/mol. The molecule has 0 spiro atoms. The van der Waals surface area contributed by atoms with E-state index in [-0.39, 0.29) is 17.8 Å². The van der Waals surface area contributed by atoms with Crippen molar-refractivity contribution < 1.29 is 9.53 Å². The van der Waals surface area contributed by atoms with Gasteiger partial charge in [0.05, 0.1) is 5.02 Å². The Morgan fingerprint density at radius 3 is 2.96 bits per heavy atom. The molecule has 1 atom stereocenters. The van der Waals surface area contributed by atoms with E-state index in [1.54, 1.807) is 36.5 Å². The first-order chi connectivity index (χ1) is 11.6. The second kappa shape index (κ2) is 7.83. The predicted octanol–water partition coefficient (Wildman–Crippen LogP) is 3.66. The minimum atomic E-state index is -0.211. The summed E-state index contributed by atoms with van der Waals surface area (Å²) in [5.74, 6) is 0.396. The molecule has 2 aromatic rings. The first-order valence-electron chi connectivity index (χ1n) is 7.73. The van der Waals surface area contributed by atoms with Gasteiger partial charge in [0, 0.05) is 23.8 Å². The fourth-order valence-electron chi connectivity index (χ4n) is 2.55. The Kier molecular flexibility index (Phi) is 5.56. The number of rotatable bonds is 4. The summed E-state index contributed by atoms with van der Waals surface area (Å²) in [4.78, 5) is 16.7. The number of benzene rings is 1. The zero-order chi connectivity index (χ0) is 16.9. The van der Waals surface area contributed by atoms with E-state index in [1.165, 1.54) is 0 Å². The van der Waals surface area contributed by atoms with Gasteiger partial charge in [-0.15, -0.1) is 0 Å².